The molecule has 1 aliphatic heterocycles. The van der Waals surface area contributed by atoms with Crippen molar-refractivity contribution in [2.24, 2.45) is 0 Å². The van der Waals surface area contributed by atoms with Crippen LogP contribution >= 0.6 is 0 Å². The van der Waals surface area contributed by atoms with E-state index in [1.165, 1.54) is 0 Å². The first kappa shape index (κ1) is 12.9. The molecule has 0 aliphatic carbocycles. The molecule has 0 unspecified atom stereocenters. The van der Waals surface area contributed by atoms with E-state index in [4.69, 9.17) is 0 Å². The van der Waals surface area contributed by atoms with Crippen LogP contribution in [0.2, 0.25) is 0 Å². The standard InChI is InChI=1S/C14H20N2O2/c1-2-8-14(18)10-16(11-14)13(17)9-15-12-6-4-3-5-7-12/h3-7,15,18H,2,8-11H2,1H3. The Labute approximate surface area is 108 Å². The summed E-state index contributed by atoms with van der Waals surface area (Å²) in [6, 6.07) is 9.65. The highest BCUT2D eigenvalue weighted by atomic mass is 16.3. The summed E-state index contributed by atoms with van der Waals surface area (Å²) in [5.41, 5.74) is 0.298. The van der Waals surface area contributed by atoms with Gasteiger partial charge in [0.2, 0.25) is 5.91 Å². The van der Waals surface area contributed by atoms with Gasteiger partial charge in [0.15, 0.2) is 0 Å². The molecule has 0 saturated carbocycles. The first-order valence-corrected chi connectivity index (χ1v) is 6.42. The van der Waals surface area contributed by atoms with Gasteiger partial charge < -0.3 is 15.3 Å². The molecule has 1 aliphatic rings. The van der Waals surface area contributed by atoms with Crippen molar-refractivity contribution in [1.82, 2.24) is 4.90 Å². The monoisotopic (exact) mass is 248 g/mol. The van der Waals surface area contributed by atoms with Gasteiger partial charge in [-0.15, -0.1) is 0 Å². The molecular formula is C14H20N2O2. The minimum Gasteiger partial charge on any atom is -0.386 e. The third-order valence-electron chi connectivity index (χ3n) is 3.26. The summed E-state index contributed by atoms with van der Waals surface area (Å²) < 4.78 is 0. The zero-order valence-electron chi connectivity index (χ0n) is 10.7. The van der Waals surface area contributed by atoms with Crippen molar-refractivity contribution in [2.75, 3.05) is 25.0 Å². The van der Waals surface area contributed by atoms with E-state index in [2.05, 4.69) is 5.32 Å². The topological polar surface area (TPSA) is 52.6 Å². The fourth-order valence-electron chi connectivity index (χ4n) is 2.31. The van der Waals surface area contributed by atoms with Gasteiger partial charge in [-0.25, -0.2) is 0 Å². The van der Waals surface area contributed by atoms with E-state index in [9.17, 15) is 9.90 Å². The number of para-hydroxylation sites is 1. The molecule has 18 heavy (non-hydrogen) atoms. The van der Waals surface area contributed by atoms with Gasteiger partial charge in [0, 0.05) is 5.69 Å². The number of carbonyl (C=O) groups is 1. The Hall–Kier alpha value is -1.55. The highest BCUT2D eigenvalue weighted by molar-refractivity contribution is 5.81. The number of anilines is 1. The molecule has 0 bridgehead atoms. The average molecular weight is 248 g/mol. The van der Waals surface area contributed by atoms with Gasteiger partial charge in [-0.05, 0) is 18.6 Å². The Balaban J connectivity index is 1.74. The average Bonchev–Trinajstić information content (AvgIpc) is 2.34. The maximum absolute atomic E-state index is 11.8. The molecule has 0 atom stereocenters. The van der Waals surface area contributed by atoms with E-state index >= 15 is 0 Å². The summed E-state index contributed by atoms with van der Waals surface area (Å²) in [5, 5.41) is 13.1. The van der Waals surface area contributed by atoms with Gasteiger partial charge in [-0.1, -0.05) is 31.5 Å². The van der Waals surface area contributed by atoms with E-state index in [-0.39, 0.29) is 12.5 Å². The maximum Gasteiger partial charge on any atom is 0.242 e. The van der Waals surface area contributed by atoms with E-state index in [0.717, 1.165) is 18.5 Å². The van der Waals surface area contributed by atoms with Gasteiger partial charge in [-0.3, -0.25) is 4.79 Å². The normalized spacial score (nSPS) is 17.1. The number of β-amino-alcohol motifs (C(OH)–C–C–N with tert-alkyl or cyclic N) is 1. The number of amides is 1. The van der Waals surface area contributed by atoms with Crippen molar-refractivity contribution in [2.45, 2.75) is 25.4 Å². The van der Waals surface area contributed by atoms with Crippen molar-refractivity contribution in [3.8, 4) is 0 Å². The Bertz CT molecular complexity index is 400. The van der Waals surface area contributed by atoms with Crippen LogP contribution in [-0.4, -0.2) is 41.1 Å². The number of hydrogen-bond acceptors (Lipinski definition) is 3. The number of likely N-dealkylation sites (tertiary alicyclic amines) is 1. The van der Waals surface area contributed by atoms with Crippen LogP contribution in [0.4, 0.5) is 5.69 Å². The molecule has 0 aromatic heterocycles. The van der Waals surface area contributed by atoms with Gasteiger partial charge in [-0.2, -0.15) is 0 Å². The predicted octanol–water partition coefficient (Wildman–Crippen LogP) is 1.47. The van der Waals surface area contributed by atoms with Gasteiger partial charge in [0.25, 0.3) is 0 Å². The molecule has 0 radical (unpaired) electrons. The van der Waals surface area contributed by atoms with Crippen molar-refractivity contribution in [3.05, 3.63) is 30.3 Å². The molecule has 0 spiro atoms. The SMILES string of the molecule is CCCC1(O)CN(C(=O)CNc2ccccc2)C1. The van der Waals surface area contributed by atoms with Crippen LogP contribution in [-0.2, 0) is 4.79 Å². The molecule has 1 amide bonds. The fraction of sp³-hybridized carbons (Fsp3) is 0.500. The largest absolute Gasteiger partial charge is 0.386 e. The summed E-state index contributed by atoms with van der Waals surface area (Å²) in [5.74, 6) is 0.0413. The van der Waals surface area contributed by atoms with Gasteiger partial charge in [0.1, 0.15) is 0 Å². The number of rotatable bonds is 5. The molecule has 2 rings (SSSR count). The van der Waals surface area contributed by atoms with E-state index < -0.39 is 5.60 Å². The highest BCUT2D eigenvalue weighted by Gasteiger charge is 2.42. The lowest BCUT2D eigenvalue weighted by Gasteiger charge is -2.46. The lowest BCUT2D eigenvalue weighted by molar-refractivity contribution is -0.154. The Kier molecular flexibility index (Phi) is 3.87. The number of aliphatic hydroxyl groups is 1. The molecule has 1 heterocycles. The minimum atomic E-state index is -0.642. The number of nitrogens with one attached hydrogen (secondary N) is 1. The van der Waals surface area contributed by atoms with E-state index in [1.54, 1.807) is 4.90 Å². The molecule has 1 saturated heterocycles. The summed E-state index contributed by atoms with van der Waals surface area (Å²) in [7, 11) is 0. The molecule has 2 N–H and O–H groups in total. The molecule has 4 nitrogen and oxygen atoms in total. The van der Waals surface area contributed by atoms with Crippen LogP contribution in [0, 0.1) is 0 Å². The third-order valence-corrected chi connectivity index (χ3v) is 3.26. The van der Waals surface area contributed by atoms with Crippen molar-refractivity contribution < 1.29 is 9.90 Å². The van der Waals surface area contributed by atoms with E-state index in [0.29, 0.717) is 13.1 Å². The number of hydrogen-bond donors (Lipinski definition) is 2. The van der Waals surface area contributed by atoms with Crippen molar-refractivity contribution in [3.63, 3.8) is 0 Å². The van der Waals surface area contributed by atoms with Crippen LogP contribution in [0.5, 0.6) is 0 Å². The zero-order valence-corrected chi connectivity index (χ0v) is 10.7. The highest BCUT2D eigenvalue weighted by Crippen LogP contribution is 2.25. The first-order chi connectivity index (χ1) is 8.63. The minimum absolute atomic E-state index is 0.0413. The van der Waals surface area contributed by atoms with Crippen LogP contribution in [0.15, 0.2) is 30.3 Å². The van der Waals surface area contributed by atoms with Crippen LogP contribution in [0.25, 0.3) is 0 Å². The Morgan fingerprint density at radius 3 is 2.67 bits per heavy atom. The summed E-state index contributed by atoms with van der Waals surface area (Å²) in [6.45, 7) is 3.26. The Morgan fingerprint density at radius 1 is 1.39 bits per heavy atom. The Morgan fingerprint density at radius 2 is 2.06 bits per heavy atom. The smallest absolute Gasteiger partial charge is 0.242 e. The van der Waals surface area contributed by atoms with Gasteiger partial charge >= 0.3 is 0 Å². The lowest BCUT2D eigenvalue weighted by atomic mass is 9.89. The molecular weight excluding hydrogens is 228 g/mol. The second kappa shape index (κ2) is 5.40. The molecule has 1 aromatic rings. The molecule has 1 fully saturated rings. The number of benzene rings is 1. The second-order valence-corrected chi connectivity index (χ2v) is 4.94. The summed E-state index contributed by atoms with van der Waals surface area (Å²) in [4.78, 5) is 13.5. The number of nitrogens with zero attached hydrogens (tertiary/aromatic N) is 1. The molecule has 98 valence electrons. The van der Waals surface area contributed by atoms with Crippen LogP contribution in [0.3, 0.4) is 0 Å². The maximum atomic E-state index is 11.8. The van der Waals surface area contributed by atoms with Crippen molar-refractivity contribution in [1.29, 1.82) is 0 Å². The van der Waals surface area contributed by atoms with E-state index in [1.807, 2.05) is 37.3 Å². The number of carbonyl (C=O) groups excluding carboxylic acids is 1. The second-order valence-electron chi connectivity index (χ2n) is 4.94. The fourth-order valence-corrected chi connectivity index (χ4v) is 2.31. The van der Waals surface area contributed by atoms with Crippen LogP contribution in [0.1, 0.15) is 19.8 Å². The van der Waals surface area contributed by atoms with Crippen molar-refractivity contribution >= 4 is 11.6 Å². The van der Waals surface area contributed by atoms with Gasteiger partial charge in [0.05, 0.1) is 25.2 Å². The lowest BCUT2D eigenvalue weighted by Crippen LogP contribution is -2.64. The third kappa shape index (κ3) is 3.01. The molecule has 1 aromatic carbocycles. The summed E-state index contributed by atoms with van der Waals surface area (Å²) >= 11 is 0. The quantitative estimate of drug-likeness (QED) is 0.829. The molecule has 4 heteroatoms. The predicted molar refractivity (Wildman–Crippen MR) is 71.4 cm³/mol. The first-order valence-electron chi connectivity index (χ1n) is 6.42. The summed E-state index contributed by atoms with van der Waals surface area (Å²) in [6.07, 6.45) is 1.71. The zero-order chi connectivity index (χ0) is 13.0. The van der Waals surface area contributed by atoms with Crippen LogP contribution < -0.4 is 5.32 Å².